The van der Waals surface area contributed by atoms with Crippen LogP contribution >= 0.6 is 0 Å². The van der Waals surface area contributed by atoms with Crippen LogP contribution in [0.4, 0.5) is 5.69 Å². The Balaban J connectivity index is 2.48. The van der Waals surface area contributed by atoms with Crippen molar-refractivity contribution < 1.29 is 14.3 Å². The first-order valence-corrected chi connectivity index (χ1v) is 6.86. The summed E-state index contributed by atoms with van der Waals surface area (Å²) in [7, 11) is 1.50. The first-order valence-electron chi connectivity index (χ1n) is 6.86. The van der Waals surface area contributed by atoms with Crippen LogP contribution in [0.2, 0.25) is 0 Å². The van der Waals surface area contributed by atoms with Crippen LogP contribution in [0.5, 0.6) is 0 Å². The molecule has 0 fully saturated rings. The van der Waals surface area contributed by atoms with Gasteiger partial charge in [0.1, 0.15) is 6.04 Å². The topological polar surface area (TPSA) is 93.4 Å². The number of ether oxygens (including phenoxy) is 1. The van der Waals surface area contributed by atoms with Gasteiger partial charge in [0, 0.05) is 25.3 Å². The van der Waals surface area contributed by atoms with E-state index in [1.54, 1.807) is 12.1 Å². The first-order chi connectivity index (χ1) is 9.93. The second kappa shape index (κ2) is 8.39. The van der Waals surface area contributed by atoms with E-state index in [1.807, 2.05) is 26.0 Å². The van der Waals surface area contributed by atoms with Crippen LogP contribution in [-0.2, 0) is 20.9 Å². The van der Waals surface area contributed by atoms with Crippen LogP contribution < -0.4 is 16.4 Å². The van der Waals surface area contributed by atoms with Crippen molar-refractivity contribution in [2.24, 2.45) is 11.7 Å². The van der Waals surface area contributed by atoms with Gasteiger partial charge in [-0.05, 0) is 17.7 Å². The van der Waals surface area contributed by atoms with E-state index in [1.165, 1.54) is 7.11 Å². The molecule has 1 aromatic rings. The number of benzene rings is 1. The van der Waals surface area contributed by atoms with E-state index in [0.29, 0.717) is 6.54 Å². The van der Waals surface area contributed by atoms with E-state index in [2.05, 4.69) is 10.6 Å². The van der Waals surface area contributed by atoms with E-state index < -0.39 is 6.04 Å². The predicted octanol–water partition coefficient (Wildman–Crippen LogP) is 0.871. The summed E-state index contributed by atoms with van der Waals surface area (Å²) in [5.41, 5.74) is 7.28. The van der Waals surface area contributed by atoms with Gasteiger partial charge in [-0.25, -0.2) is 0 Å². The lowest BCUT2D eigenvalue weighted by molar-refractivity contribution is -0.123. The number of hydrogen-bond acceptors (Lipinski definition) is 4. The van der Waals surface area contributed by atoms with Crippen LogP contribution in [0, 0.1) is 5.92 Å². The molecule has 0 aromatic heterocycles. The third kappa shape index (κ3) is 5.93. The summed E-state index contributed by atoms with van der Waals surface area (Å²) in [6, 6.07) is 6.63. The largest absolute Gasteiger partial charge is 0.383 e. The van der Waals surface area contributed by atoms with Gasteiger partial charge in [0.15, 0.2) is 0 Å². The maximum absolute atomic E-state index is 11.6. The highest BCUT2D eigenvalue weighted by Crippen LogP contribution is 2.10. The minimum atomic E-state index is -0.667. The molecule has 0 heterocycles. The number of nitrogens with two attached hydrogens (primary N) is 1. The smallest absolute Gasteiger partial charge is 0.239 e. The highest BCUT2D eigenvalue weighted by molar-refractivity contribution is 5.92. The fraction of sp³-hybridized carbons (Fsp3) is 0.467. The SMILES string of the molecule is COCC(N)C(=O)NCc1ccc(NC(=O)C(C)C)cc1. The molecule has 1 aromatic carbocycles. The molecule has 0 aliphatic rings. The monoisotopic (exact) mass is 293 g/mol. The Morgan fingerprint density at radius 1 is 1.19 bits per heavy atom. The molecule has 1 unspecified atom stereocenters. The van der Waals surface area contributed by atoms with Gasteiger partial charge in [-0.1, -0.05) is 26.0 Å². The Bertz CT molecular complexity index is 472. The lowest BCUT2D eigenvalue weighted by atomic mass is 10.1. The lowest BCUT2D eigenvalue weighted by Gasteiger charge is -2.12. The zero-order chi connectivity index (χ0) is 15.8. The van der Waals surface area contributed by atoms with Crippen molar-refractivity contribution in [2.75, 3.05) is 19.0 Å². The van der Waals surface area contributed by atoms with Crippen molar-refractivity contribution in [1.29, 1.82) is 0 Å². The van der Waals surface area contributed by atoms with Crippen molar-refractivity contribution in [3.63, 3.8) is 0 Å². The Labute approximate surface area is 125 Å². The summed E-state index contributed by atoms with van der Waals surface area (Å²) in [6.07, 6.45) is 0. The average molecular weight is 293 g/mol. The molecule has 116 valence electrons. The fourth-order valence-electron chi connectivity index (χ4n) is 1.57. The fourth-order valence-corrected chi connectivity index (χ4v) is 1.57. The zero-order valence-corrected chi connectivity index (χ0v) is 12.7. The van der Waals surface area contributed by atoms with Crippen molar-refractivity contribution in [1.82, 2.24) is 5.32 Å². The molecular weight excluding hydrogens is 270 g/mol. The van der Waals surface area contributed by atoms with E-state index in [-0.39, 0.29) is 24.3 Å². The third-order valence-corrected chi connectivity index (χ3v) is 2.90. The van der Waals surface area contributed by atoms with Crippen LogP contribution in [0.15, 0.2) is 24.3 Å². The maximum atomic E-state index is 11.6. The third-order valence-electron chi connectivity index (χ3n) is 2.90. The highest BCUT2D eigenvalue weighted by atomic mass is 16.5. The summed E-state index contributed by atoms with van der Waals surface area (Å²) >= 11 is 0. The second-order valence-electron chi connectivity index (χ2n) is 5.12. The van der Waals surface area contributed by atoms with Crippen LogP contribution in [-0.4, -0.2) is 31.6 Å². The van der Waals surface area contributed by atoms with E-state index in [4.69, 9.17) is 10.5 Å². The van der Waals surface area contributed by atoms with Gasteiger partial charge in [-0.15, -0.1) is 0 Å². The first kappa shape index (κ1) is 17.1. The summed E-state index contributed by atoms with van der Waals surface area (Å²) in [5, 5.41) is 5.54. The summed E-state index contributed by atoms with van der Waals surface area (Å²) < 4.78 is 4.82. The standard InChI is InChI=1S/C15H23N3O3/c1-10(2)14(19)18-12-6-4-11(5-7-12)8-17-15(20)13(16)9-21-3/h4-7,10,13H,8-9,16H2,1-3H3,(H,17,20)(H,18,19). The van der Waals surface area contributed by atoms with Gasteiger partial charge in [-0.3, -0.25) is 9.59 Å². The predicted molar refractivity (Wildman–Crippen MR) is 81.6 cm³/mol. The minimum absolute atomic E-state index is 0.0263. The highest BCUT2D eigenvalue weighted by Gasteiger charge is 2.12. The molecule has 0 saturated carbocycles. The van der Waals surface area contributed by atoms with Crippen molar-refractivity contribution >= 4 is 17.5 Å². The maximum Gasteiger partial charge on any atom is 0.239 e. The van der Waals surface area contributed by atoms with Crippen LogP contribution in [0.1, 0.15) is 19.4 Å². The summed E-state index contributed by atoms with van der Waals surface area (Å²) in [6.45, 7) is 4.24. The molecule has 21 heavy (non-hydrogen) atoms. The Kier molecular flexibility index (Phi) is 6.84. The number of hydrogen-bond donors (Lipinski definition) is 3. The summed E-state index contributed by atoms with van der Waals surface area (Å²) in [5.74, 6) is -0.345. The normalized spacial score (nSPS) is 12.0. The van der Waals surface area contributed by atoms with Crippen molar-refractivity contribution in [2.45, 2.75) is 26.4 Å². The molecule has 1 rings (SSSR count). The second-order valence-corrected chi connectivity index (χ2v) is 5.12. The van der Waals surface area contributed by atoms with Crippen LogP contribution in [0.25, 0.3) is 0 Å². The quantitative estimate of drug-likeness (QED) is 0.695. The number of carbonyl (C=O) groups is 2. The van der Waals surface area contributed by atoms with Crippen LogP contribution in [0.3, 0.4) is 0 Å². The Morgan fingerprint density at radius 2 is 1.81 bits per heavy atom. The molecule has 0 aliphatic heterocycles. The molecule has 2 amide bonds. The van der Waals surface area contributed by atoms with Gasteiger partial charge in [-0.2, -0.15) is 0 Å². The number of anilines is 1. The molecule has 0 radical (unpaired) electrons. The molecule has 1 atom stereocenters. The zero-order valence-electron chi connectivity index (χ0n) is 12.7. The molecule has 0 bridgehead atoms. The van der Waals surface area contributed by atoms with Gasteiger partial charge >= 0.3 is 0 Å². The average Bonchev–Trinajstić information content (AvgIpc) is 2.46. The molecule has 0 aliphatic carbocycles. The molecule has 6 heteroatoms. The molecule has 0 saturated heterocycles. The molecular formula is C15H23N3O3. The summed E-state index contributed by atoms with van der Waals surface area (Å²) in [4.78, 5) is 23.2. The number of carbonyl (C=O) groups excluding carboxylic acids is 2. The van der Waals surface area contributed by atoms with Gasteiger partial charge < -0.3 is 21.1 Å². The van der Waals surface area contributed by atoms with Crippen molar-refractivity contribution in [3.05, 3.63) is 29.8 Å². The lowest BCUT2D eigenvalue weighted by Crippen LogP contribution is -2.43. The molecule has 0 spiro atoms. The van der Waals surface area contributed by atoms with Crippen molar-refractivity contribution in [3.8, 4) is 0 Å². The number of amides is 2. The van der Waals surface area contributed by atoms with E-state index in [9.17, 15) is 9.59 Å². The molecule has 4 N–H and O–H groups in total. The number of rotatable bonds is 7. The minimum Gasteiger partial charge on any atom is -0.383 e. The van der Waals surface area contributed by atoms with Gasteiger partial charge in [0.25, 0.3) is 0 Å². The van der Waals surface area contributed by atoms with Gasteiger partial charge in [0.05, 0.1) is 6.61 Å². The molecule has 6 nitrogen and oxygen atoms in total. The number of nitrogens with one attached hydrogen (secondary N) is 2. The number of methoxy groups -OCH3 is 1. The Hall–Kier alpha value is -1.92. The van der Waals surface area contributed by atoms with E-state index in [0.717, 1.165) is 11.3 Å². The van der Waals surface area contributed by atoms with E-state index >= 15 is 0 Å². The van der Waals surface area contributed by atoms with Gasteiger partial charge in [0.2, 0.25) is 11.8 Å². The Morgan fingerprint density at radius 3 is 2.33 bits per heavy atom.